The van der Waals surface area contributed by atoms with E-state index < -0.39 is 5.51 Å². The molecule has 0 amide bonds. The maximum absolute atomic E-state index is 11.9. The molecule has 1 heterocycles. The molecule has 0 saturated carbocycles. The summed E-state index contributed by atoms with van der Waals surface area (Å²) in [7, 11) is 0. The lowest BCUT2D eigenvalue weighted by Gasteiger charge is -2.08. The number of rotatable bonds is 7. The Balaban J connectivity index is 2.46. The molecule has 0 aromatic carbocycles. The van der Waals surface area contributed by atoms with Crippen LogP contribution in [0.1, 0.15) is 13.3 Å². The van der Waals surface area contributed by atoms with Gasteiger partial charge < -0.3 is 15.8 Å². The molecule has 0 bridgehead atoms. The van der Waals surface area contributed by atoms with E-state index in [0.29, 0.717) is 6.61 Å². The predicted molar refractivity (Wildman–Crippen MR) is 67.0 cm³/mol. The van der Waals surface area contributed by atoms with Crippen LogP contribution in [0.3, 0.4) is 0 Å². The molecule has 1 aromatic rings. The van der Waals surface area contributed by atoms with Crippen LogP contribution in [0.4, 0.5) is 25.1 Å². The number of nitrogens with one attached hydrogen (secondary N) is 1. The average Bonchev–Trinajstić information content (AvgIpc) is 2.30. The van der Waals surface area contributed by atoms with Crippen molar-refractivity contribution in [2.24, 2.45) is 0 Å². The summed E-state index contributed by atoms with van der Waals surface area (Å²) >= 11 is -0.121. The second-order valence-corrected chi connectivity index (χ2v) is 4.53. The first-order valence-electron chi connectivity index (χ1n) is 5.49. The van der Waals surface area contributed by atoms with Crippen molar-refractivity contribution in [3.8, 4) is 6.01 Å². The highest BCUT2D eigenvalue weighted by atomic mass is 32.2. The van der Waals surface area contributed by atoms with Crippen molar-refractivity contribution in [2.75, 3.05) is 30.0 Å². The summed E-state index contributed by atoms with van der Waals surface area (Å²) in [5.41, 5.74) is 1.20. The van der Waals surface area contributed by atoms with Gasteiger partial charge in [-0.25, -0.2) is 0 Å². The standard InChI is InChI=1S/C9H14F3N5OS/c1-2-4-18-8-16-6(13)15-7(17-8)14-3-5-19-9(10,11)12/h2-5H2,1H3,(H3,13,14,15,16,17). The minimum absolute atomic E-state index is 0.0490. The molecule has 0 saturated heterocycles. The lowest BCUT2D eigenvalue weighted by molar-refractivity contribution is -0.0327. The highest BCUT2D eigenvalue weighted by Crippen LogP contribution is 2.29. The van der Waals surface area contributed by atoms with Gasteiger partial charge in [0.05, 0.1) is 6.61 Å². The zero-order chi connectivity index (χ0) is 14.3. The Morgan fingerprint density at radius 1 is 1.32 bits per heavy atom. The second-order valence-electron chi connectivity index (χ2n) is 3.37. The molecule has 0 unspecified atom stereocenters. The second kappa shape index (κ2) is 7.22. The van der Waals surface area contributed by atoms with Crippen LogP contribution in [0.2, 0.25) is 0 Å². The summed E-state index contributed by atoms with van der Waals surface area (Å²) in [5.74, 6) is -0.103. The van der Waals surface area contributed by atoms with Gasteiger partial charge >= 0.3 is 11.5 Å². The third kappa shape index (κ3) is 6.89. The molecule has 0 fully saturated rings. The Morgan fingerprint density at radius 3 is 2.68 bits per heavy atom. The van der Waals surface area contributed by atoms with Crippen LogP contribution in [0.25, 0.3) is 0 Å². The SMILES string of the molecule is CCCOc1nc(N)nc(NCCSC(F)(F)F)n1. The van der Waals surface area contributed by atoms with E-state index in [0.717, 1.165) is 6.42 Å². The van der Waals surface area contributed by atoms with E-state index >= 15 is 0 Å². The van der Waals surface area contributed by atoms with Crippen LogP contribution in [-0.4, -0.2) is 39.4 Å². The van der Waals surface area contributed by atoms with E-state index in [9.17, 15) is 13.2 Å². The molecule has 0 aliphatic heterocycles. The van der Waals surface area contributed by atoms with Gasteiger partial charge in [-0.15, -0.1) is 0 Å². The topological polar surface area (TPSA) is 86.0 Å². The Bertz CT molecular complexity index is 404. The number of halogens is 3. The van der Waals surface area contributed by atoms with E-state index in [-0.39, 0.29) is 42.0 Å². The van der Waals surface area contributed by atoms with Gasteiger partial charge in [-0.1, -0.05) is 6.92 Å². The van der Waals surface area contributed by atoms with Crippen LogP contribution in [-0.2, 0) is 0 Å². The molecule has 0 spiro atoms. The van der Waals surface area contributed by atoms with Gasteiger partial charge in [0.2, 0.25) is 11.9 Å². The molecule has 0 aliphatic rings. The molecule has 0 aliphatic carbocycles. The molecule has 0 atom stereocenters. The Kier molecular flexibility index (Phi) is 5.93. The molecule has 19 heavy (non-hydrogen) atoms. The van der Waals surface area contributed by atoms with E-state index in [2.05, 4.69) is 20.3 Å². The number of alkyl halides is 3. The largest absolute Gasteiger partial charge is 0.463 e. The van der Waals surface area contributed by atoms with Crippen molar-refractivity contribution in [3.05, 3.63) is 0 Å². The highest BCUT2D eigenvalue weighted by molar-refractivity contribution is 8.00. The number of ether oxygens (including phenoxy) is 1. The van der Waals surface area contributed by atoms with Crippen molar-refractivity contribution in [1.29, 1.82) is 0 Å². The number of hydrogen-bond donors (Lipinski definition) is 2. The van der Waals surface area contributed by atoms with Crippen LogP contribution < -0.4 is 15.8 Å². The van der Waals surface area contributed by atoms with Gasteiger partial charge in [-0.05, 0) is 18.2 Å². The smallest absolute Gasteiger partial charge is 0.441 e. The van der Waals surface area contributed by atoms with Crippen molar-refractivity contribution in [1.82, 2.24) is 15.0 Å². The normalized spacial score (nSPS) is 11.4. The number of nitrogens with two attached hydrogens (primary N) is 1. The van der Waals surface area contributed by atoms with Crippen molar-refractivity contribution in [3.63, 3.8) is 0 Å². The maximum atomic E-state index is 11.9. The Morgan fingerprint density at radius 2 is 2.05 bits per heavy atom. The molecule has 1 aromatic heterocycles. The fraction of sp³-hybridized carbons (Fsp3) is 0.667. The number of aromatic nitrogens is 3. The molecular formula is C9H14F3N5OS. The van der Waals surface area contributed by atoms with Gasteiger partial charge in [0.1, 0.15) is 0 Å². The first-order valence-corrected chi connectivity index (χ1v) is 6.48. The van der Waals surface area contributed by atoms with Crippen LogP contribution in [0.15, 0.2) is 0 Å². The first-order chi connectivity index (χ1) is 8.90. The minimum atomic E-state index is -4.24. The molecule has 3 N–H and O–H groups in total. The van der Waals surface area contributed by atoms with Gasteiger partial charge in [-0.2, -0.15) is 28.1 Å². The summed E-state index contributed by atoms with van der Waals surface area (Å²) in [6.45, 7) is 2.39. The van der Waals surface area contributed by atoms with Crippen molar-refractivity contribution >= 4 is 23.7 Å². The molecule has 10 heteroatoms. The fourth-order valence-electron chi connectivity index (χ4n) is 1.04. The molecule has 1 rings (SSSR count). The molecule has 6 nitrogen and oxygen atoms in total. The van der Waals surface area contributed by atoms with E-state index in [1.54, 1.807) is 0 Å². The van der Waals surface area contributed by atoms with Crippen LogP contribution in [0.5, 0.6) is 6.01 Å². The highest BCUT2D eigenvalue weighted by Gasteiger charge is 2.27. The zero-order valence-electron chi connectivity index (χ0n) is 10.2. The third-order valence-electron chi connectivity index (χ3n) is 1.72. The lowest BCUT2D eigenvalue weighted by Crippen LogP contribution is -2.13. The third-order valence-corrected chi connectivity index (χ3v) is 2.45. The van der Waals surface area contributed by atoms with Gasteiger partial charge in [0.25, 0.3) is 0 Å². The van der Waals surface area contributed by atoms with Gasteiger partial charge in [0.15, 0.2) is 0 Å². The fourth-order valence-corrected chi connectivity index (χ4v) is 1.47. The summed E-state index contributed by atoms with van der Waals surface area (Å²) < 4.78 is 40.9. The van der Waals surface area contributed by atoms with E-state index in [1.807, 2.05) is 6.92 Å². The van der Waals surface area contributed by atoms with Crippen molar-refractivity contribution < 1.29 is 17.9 Å². The van der Waals surface area contributed by atoms with E-state index in [1.165, 1.54) is 0 Å². The molecule has 0 radical (unpaired) electrons. The quantitative estimate of drug-likeness (QED) is 0.743. The lowest BCUT2D eigenvalue weighted by atomic mass is 10.5. The number of nitrogen functional groups attached to an aromatic ring is 1. The van der Waals surface area contributed by atoms with E-state index in [4.69, 9.17) is 10.5 Å². The number of anilines is 2. The number of hydrogen-bond acceptors (Lipinski definition) is 7. The predicted octanol–water partition coefficient (Wildman–Crippen LogP) is 1.91. The van der Waals surface area contributed by atoms with Crippen LogP contribution in [0, 0.1) is 0 Å². The van der Waals surface area contributed by atoms with Gasteiger partial charge in [-0.3, -0.25) is 0 Å². The van der Waals surface area contributed by atoms with Gasteiger partial charge in [0, 0.05) is 12.3 Å². The first kappa shape index (κ1) is 15.6. The number of nitrogens with zero attached hydrogens (tertiary/aromatic N) is 3. The summed E-state index contributed by atoms with van der Waals surface area (Å²) in [6, 6.07) is 0.0559. The monoisotopic (exact) mass is 297 g/mol. The zero-order valence-corrected chi connectivity index (χ0v) is 11.0. The summed E-state index contributed by atoms with van der Waals surface area (Å²) in [5, 5.41) is 2.63. The molecular weight excluding hydrogens is 283 g/mol. The Hall–Kier alpha value is -1.45. The average molecular weight is 297 g/mol. The number of thioether (sulfide) groups is 1. The summed E-state index contributed by atoms with van der Waals surface area (Å²) in [6.07, 6.45) is 0.774. The molecule has 108 valence electrons. The minimum Gasteiger partial charge on any atom is -0.463 e. The van der Waals surface area contributed by atoms with Crippen molar-refractivity contribution in [2.45, 2.75) is 18.9 Å². The summed E-state index contributed by atoms with van der Waals surface area (Å²) in [4.78, 5) is 11.4. The Labute approximate surface area is 112 Å². The van der Waals surface area contributed by atoms with Crippen LogP contribution >= 0.6 is 11.8 Å². The maximum Gasteiger partial charge on any atom is 0.441 e.